The standard InChI is InChI=1S/C83H140O5/c1-3-5-7-9-11-13-15-17-19-21-23-25-27-29-31-33-35-37-39-40-41-42-44-46-48-50-52-54-56-58-60-62-64-66-68-70-72-74-76-78-83(86)88-81(79-84)80-87-82(85)77-75-73-71-69-67-65-63-61-59-57-55-53-51-49-47-45-43-38-36-34-32-30-28-26-24-22-20-18-16-14-12-10-8-6-4-2/h5,7,11,13,17,19,22-25,29,31,35,37,40-41,44,46,50,52,56,58,62,64,81,84H,3-4,6,8-10,12,14-16,18,20-21,26-28,30,32-34,36,38-39,42-43,45,47-49,51,53-55,57,59-61,63,65-80H2,1-2H3/b7-5-,13-11-,19-17-,24-22-,25-23-,31-29-,37-35-,41-40-,46-44-,52-50-,58-56-,64-62-. The molecule has 0 amide bonds. The number of esters is 2. The Morgan fingerprint density at radius 3 is 0.750 bits per heavy atom. The van der Waals surface area contributed by atoms with Crippen molar-refractivity contribution in [2.24, 2.45) is 0 Å². The van der Waals surface area contributed by atoms with Gasteiger partial charge in [-0.1, -0.05) is 359 Å². The highest BCUT2D eigenvalue weighted by Gasteiger charge is 2.16. The second-order valence-electron chi connectivity index (χ2n) is 24.6. The van der Waals surface area contributed by atoms with Crippen LogP contribution in [0.5, 0.6) is 0 Å². The average molecular weight is 1220 g/mol. The van der Waals surface area contributed by atoms with Crippen LogP contribution in [-0.2, 0) is 19.1 Å². The van der Waals surface area contributed by atoms with E-state index in [9.17, 15) is 14.7 Å². The van der Waals surface area contributed by atoms with Crippen molar-refractivity contribution in [3.8, 4) is 0 Å². The van der Waals surface area contributed by atoms with Gasteiger partial charge in [-0.2, -0.15) is 0 Å². The molecule has 0 saturated heterocycles. The molecule has 0 aromatic carbocycles. The smallest absolute Gasteiger partial charge is 0.306 e. The average Bonchev–Trinajstić information content (AvgIpc) is 3.54. The second kappa shape index (κ2) is 77.0. The molecule has 0 aromatic rings. The Morgan fingerprint density at radius 2 is 0.489 bits per heavy atom. The van der Waals surface area contributed by atoms with Crippen molar-refractivity contribution in [3.63, 3.8) is 0 Å². The molecular formula is C83H140O5. The predicted octanol–water partition coefficient (Wildman–Crippen LogP) is 26.4. The molecule has 0 radical (unpaired) electrons. The Morgan fingerprint density at radius 1 is 0.273 bits per heavy atom. The number of hydrogen-bond acceptors (Lipinski definition) is 5. The van der Waals surface area contributed by atoms with Crippen LogP contribution in [0.25, 0.3) is 0 Å². The van der Waals surface area contributed by atoms with E-state index in [4.69, 9.17) is 9.47 Å². The molecule has 0 saturated carbocycles. The van der Waals surface area contributed by atoms with Gasteiger partial charge in [0.1, 0.15) is 6.61 Å². The third-order valence-corrected chi connectivity index (χ3v) is 16.1. The Bertz CT molecular complexity index is 1810. The first-order valence-electron chi connectivity index (χ1n) is 37.4. The highest BCUT2D eigenvalue weighted by Crippen LogP contribution is 2.18. The quantitative estimate of drug-likeness (QED) is 0.0373. The lowest BCUT2D eigenvalue weighted by Gasteiger charge is -2.15. The Hall–Kier alpha value is -4.22. The summed E-state index contributed by atoms with van der Waals surface area (Å²) in [6, 6.07) is 0. The summed E-state index contributed by atoms with van der Waals surface area (Å²) in [5.74, 6) is -0.609. The van der Waals surface area contributed by atoms with Crippen molar-refractivity contribution < 1.29 is 24.2 Å². The summed E-state index contributed by atoms with van der Waals surface area (Å²) in [6.07, 6.45) is 116. The molecule has 88 heavy (non-hydrogen) atoms. The minimum Gasteiger partial charge on any atom is -0.462 e. The first kappa shape index (κ1) is 83.8. The second-order valence-corrected chi connectivity index (χ2v) is 24.6. The van der Waals surface area contributed by atoms with Crippen LogP contribution >= 0.6 is 0 Å². The van der Waals surface area contributed by atoms with E-state index in [1.54, 1.807) is 0 Å². The van der Waals surface area contributed by atoms with Gasteiger partial charge in [-0.05, 0) is 122 Å². The number of carbonyl (C=O) groups is 2. The minimum atomic E-state index is -0.793. The predicted molar refractivity (Wildman–Crippen MR) is 389 cm³/mol. The van der Waals surface area contributed by atoms with Crippen molar-refractivity contribution in [2.45, 2.75) is 354 Å². The summed E-state index contributed by atoms with van der Waals surface area (Å²) < 4.78 is 10.8. The number of unbranched alkanes of at least 4 members (excludes halogenated alkanes) is 36. The number of aliphatic hydroxyl groups is 1. The van der Waals surface area contributed by atoms with Gasteiger partial charge in [-0.15, -0.1) is 0 Å². The lowest BCUT2D eigenvalue weighted by Crippen LogP contribution is -2.28. The lowest BCUT2D eigenvalue weighted by molar-refractivity contribution is -0.161. The van der Waals surface area contributed by atoms with Gasteiger partial charge >= 0.3 is 11.9 Å². The lowest BCUT2D eigenvalue weighted by atomic mass is 10.0. The van der Waals surface area contributed by atoms with Crippen LogP contribution in [0.4, 0.5) is 0 Å². The summed E-state index contributed by atoms with van der Waals surface area (Å²) in [5, 5.41) is 9.71. The fraction of sp³-hybridized carbons (Fsp3) is 0.687. The van der Waals surface area contributed by atoms with E-state index in [0.717, 1.165) is 128 Å². The summed E-state index contributed by atoms with van der Waals surface area (Å²) in [7, 11) is 0. The molecule has 0 aliphatic heterocycles. The van der Waals surface area contributed by atoms with Crippen molar-refractivity contribution in [1.82, 2.24) is 0 Å². The molecule has 0 rings (SSSR count). The summed E-state index contributed by atoms with van der Waals surface area (Å²) in [4.78, 5) is 24.7. The van der Waals surface area contributed by atoms with Crippen LogP contribution in [-0.4, -0.2) is 36.4 Å². The van der Waals surface area contributed by atoms with Crippen molar-refractivity contribution in [1.29, 1.82) is 0 Å². The summed E-state index contributed by atoms with van der Waals surface area (Å²) in [6.45, 7) is 4.04. The molecule has 0 aliphatic carbocycles. The maximum Gasteiger partial charge on any atom is 0.306 e. The molecule has 1 unspecified atom stereocenters. The molecule has 1 N–H and O–H groups in total. The molecule has 0 spiro atoms. The largest absolute Gasteiger partial charge is 0.462 e. The normalized spacial score (nSPS) is 13.1. The first-order chi connectivity index (χ1) is 43.6. The first-order valence-corrected chi connectivity index (χ1v) is 37.4. The van der Waals surface area contributed by atoms with Gasteiger partial charge in [0, 0.05) is 12.8 Å². The van der Waals surface area contributed by atoms with E-state index >= 15 is 0 Å². The van der Waals surface area contributed by atoms with Crippen LogP contribution in [0.1, 0.15) is 348 Å². The fourth-order valence-corrected chi connectivity index (χ4v) is 10.6. The SMILES string of the molecule is CC/C=C\C/C=C\C/C=C\C/C=C\C/C=C\C/C=C\C/C=C\C/C=C\C/C=C\C/C=C\C/C=C\CCCCCCCC(=O)OC(CO)COC(=O)CCCCCCCCCCCCCCCCCCCCCCCCC/C=C\CCCCCCCCCC. The maximum atomic E-state index is 12.4. The number of carbonyl (C=O) groups excluding carboxylic acids is 2. The zero-order valence-electron chi connectivity index (χ0n) is 57.7. The molecule has 1 atom stereocenters. The van der Waals surface area contributed by atoms with Gasteiger partial charge in [0.2, 0.25) is 0 Å². The number of rotatable bonds is 68. The molecule has 0 aromatic heterocycles. The molecule has 502 valence electrons. The number of allylic oxidation sites excluding steroid dienone is 24. The molecule has 5 heteroatoms. The van der Waals surface area contributed by atoms with Crippen molar-refractivity contribution in [3.05, 3.63) is 146 Å². The zero-order valence-corrected chi connectivity index (χ0v) is 57.7. The molecule has 0 aliphatic rings. The van der Waals surface area contributed by atoms with E-state index in [1.807, 2.05) is 0 Å². The van der Waals surface area contributed by atoms with Crippen LogP contribution in [0.3, 0.4) is 0 Å². The molecular weight excluding hydrogens is 1080 g/mol. The van der Waals surface area contributed by atoms with E-state index in [2.05, 4.69) is 160 Å². The minimum absolute atomic E-state index is 0.0788. The topological polar surface area (TPSA) is 72.8 Å². The highest BCUT2D eigenvalue weighted by molar-refractivity contribution is 5.70. The van der Waals surface area contributed by atoms with E-state index < -0.39 is 6.10 Å². The van der Waals surface area contributed by atoms with Crippen LogP contribution < -0.4 is 0 Å². The summed E-state index contributed by atoms with van der Waals surface area (Å²) in [5.41, 5.74) is 0. The van der Waals surface area contributed by atoms with E-state index in [0.29, 0.717) is 12.8 Å². The number of aliphatic hydroxyl groups excluding tert-OH is 1. The van der Waals surface area contributed by atoms with Gasteiger partial charge < -0.3 is 14.6 Å². The van der Waals surface area contributed by atoms with Crippen molar-refractivity contribution in [2.75, 3.05) is 13.2 Å². The Kier molecular flexibility index (Phi) is 73.3. The highest BCUT2D eigenvalue weighted by atomic mass is 16.6. The fourth-order valence-electron chi connectivity index (χ4n) is 10.6. The van der Waals surface area contributed by atoms with Crippen molar-refractivity contribution >= 4 is 11.9 Å². The Labute approximate surface area is 546 Å². The molecule has 0 bridgehead atoms. The Balaban J connectivity index is 3.54. The monoisotopic (exact) mass is 1220 g/mol. The third kappa shape index (κ3) is 74.2. The number of ether oxygens (including phenoxy) is 2. The maximum absolute atomic E-state index is 12.4. The van der Waals surface area contributed by atoms with Crippen LogP contribution in [0, 0.1) is 0 Å². The van der Waals surface area contributed by atoms with Gasteiger partial charge in [-0.25, -0.2) is 0 Å². The van der Waals surface area contributed by atoms with Crippen LogP contribution in [0.2, 0.25) is 0 Å². The van der Waals surface area contributed by atoms with Gasteiger partial charge in [0.25, 0.3) is 0 Å². The molecule has 5 nitrogen and oxygen atoms in total. The summed E-state index contributed by atoms with van der Waals surface area (Å²) >= 11 is 0. The number of hydrogen-bond donors (Lipinski definition) is 1. The van der Waals surface area contributed by atoms with E-state index in [-0.39, 0.29) is 25.2 Å². The third-order valence-electron chi connectivity index (χ3n) is 16.1. The van der Waals surface area contributed by atoms with E-state index in [1.165, 1.54) is 193 Å². The van der Waals surface area contributed by atoms with Gasteiger partial charge in [-0.3, -0.25) is 9.59 Å². The molecule has 0 fully saturated rings. The molecule has 0 heterocycles. The zero-order chi connectivity index (χ0) is 63.3. The van der Waals surface area contributed by atoms with Crippen LogP contribution in [0.15, 0.2) is 146 Å². The van der Waals surface area contributed by atoms with Gasteiger partial charge in [0.05, 0.1) is 6.61 Å². The van der Waals surface area contributed by atoms with Gasteiger partial charge in [0.15, 0.2) is 6.10 Å².